The number of amides is 1. The van der Waals surface area contributed by atoms with E-state index >= 15 is 0 Å². The maximum absolute atomic E-state index is 12.3. The van der Waals surface area contributed by atoms with Crippen LogP contribution in [0.15, 0.2) is 34.7 Å². The van der Waals surface area contributed by atoms with E-state index in [2.05, 4.69) is 10.3 Å². The average molecular weight is 372 g/mol. The molecule has 1 saturated heterocycles. The molecule has 7 nitrogen and oxygen atoms in total. The van der Waals surface area contributed by atoms with E-state index in [1.54, 1.807) is 6.92 Å². The van der Waals surface area contributed by atoms with Crippen molar-refractivity contribution in [3.8, 4) is 11.5 Å². The van der Waals surface area contributed by atoms with Crippen molar-refractivity contribution in [2.75, 3.05) is 19.8 Å². The summed E-state index contributed by atoms with van der Waals surface area (Å²) < 4.78 is 10.9. The van der Waals surface area contributed by atoms with Gasteiger partial charge in [0.15, 0.2) is 0 Å². The Balaban J connectivity index is 1.59. The molecule has 1 aromatic heterocycles. The van der Waals surface area contributed by atoms with E-state index in [1.165, 1.54) is 0 Å². The summed E-state index contributed by atoms with van der Waals surface area (Å²) in [4.78, 5) is 28.3. The highest BCUT2D eigenvalue weighted by atomic mass is 16.5. The molecule has 0 bridgehead atoms. The molecule has 0 spiro atoms. The van der Waals surface area contributed by atoms with E-state index in [4.69, 9.17) is 9.15 Å². The number of carboxylic acid groups (broad SMARTS) is 1. The summed E-state index contributed by atoms with van der Waals surface area (Å²) in [6.45, 7) is 3.02. The third-order valence-corrected chi connectivity index (χ3v) is 4.91. The number of hydrogen-bond donors (Lipinski definition) is 2. The fourth-order valence-electron chi connectivity index (χ4n) is 3.31. The highest BCUT2D eigenvalue weighted by Crippen LogP contribution is 2.24. The van der Waals surface area contributed by atoms with Crippen LogP contribution >= 0.6 is 0 Å². The van der Waals surface area contributed by atoms with Gasteiger partial charge in [-0.05, 0) is 37.8 Å². The van der Waals surface area contributed by atoms with Crippen molar-refractivity contribution in [2.45, 2.75) is 26.2 Å². The van der Waals surface area contributed by atoms with Crippen molar-refractivity contribution >= 4 is 11.9 Å². The molecule has 27 heavy (non-hydrogen) atoms. The monoisotopic (exact) mass is 372 g/mol. The van der Waals surface area contributed by atoms with Gasteiger partial charge in [-0.25, -0.2) is 4.98 Å². The molecule has 0 radical (unpaired) electrons. The number of oxazole rings is 1. The lowest BCUT2D eigenvalue weighted by molar-refractivity contribution is -0.144. The van der Waals surface area contributed by atoms with Gasteiger partial charge in [0.1, 0.15) is 5.76 Å². The quantitative estimate of drug-likeness (QED) is 0.774. The Morgan fingerprint density at radius 3 is 2.63 bits per heavy atom. The largest absolute Gasteiger partial charge is 0.481 e. The maximum atomic E-state index is 12.3. The van der Waals surface area contributed by atoms with Crippen LogP contribution in [0.1, 0.15) is 24.3 Å². The minimum Gasteiger partial charge on any atom is -0.481 e. The van der Waals surface area contributed by atoms with Gasteiger partial charge in [0.05, 0.1) is 18.0 Å². The molecule has 2 N–H and O–H groups in total. The minimum atomic E-state index is -0.883. The smallest absolute Gasteiger partial charge is 0.308 e. The van der Waals surface area contributed by atoms with Crippen molar-refractivity contribution in [1.82, 2.24) is 10.3 Å². The van der Waals surface area contributed by atoms with E-state index in [1.807, 2.05) is 30.3 Å². The summed E-state index contributed by atoms with van der Waals surface area (Å²) in [5.74, 6) is -0.661. The zero-order chi connectivity index (χ0) is 19.2. The number of ether oxygens (including phenoxy) is 1. The topological polar surface area (TPSA) is 102 Å². The predicted molar refractivity (Wildman–Crippen MR) is 98.1 cm³/mol. The number of benzene rings is 1. The van der Waals surface area contributed by atoms with Gasteiger partial charge in [0.2, 0.25) is 11.8 Å². The molecule has 2 aromatic rings. The van der Waals surface area contributed by atoms with Gasteiger partial charge >= 0.3 is 5.97 Å². The van der Waals surface area contributed by atoms with Gasteiger partial charge < -0.3 is 19.6 Å². The molecule has 1 fully saturated rings. The number of aryl methyl sites for hydroxylation is 1. The summed E-state index contributed by atoms with van der Waals surface area (Å²) in [5, 5.41) is 12.2. The third-order valence-electron chi connectivity index (χ3n) is 4.91. The number of rotatable bonds is 7. The van der Waals surface area contributed by atoms with Crippen LogP contribution in [-0.4, -0.2) is 41.7 Å². The molecular formula is C20H24N2O5. The zero-order valence-electron chi connectivity index (χ0n) is 15.3. The zero-order valence-corrected chi connectivity index (χ0v) is 15.3. The van der Waals surface area contributed by atoms with E-state index in [0.717, 1.165) is 5.56 Å². The van der Waals surface area contributed by atoms with Gasteiger partial charge in [0, 0.05) is 25.3 Å². The van der Waals surface area contributed by atoms with Crippen molar-refractivity contribution in [2.24, 2.45) is 11.8 Å². The molecule has 1 atom stereocenters. The van der Waals surface area contributed by atoms with E-state index in [0.29, 0.717) is 43.4 Å². The number of aromatic nitrogens is 1. The second kappa shape index (κ2) is 8.81. The third kappa shape index (κ3) is 4.95. The van der Waals surface area contributed by atoms with Crippen molar-refractivity contribution in [3.63, 3.8) is 0 Å². The van der Waals surface area contributed by atoms with Crippen LogP contribution in [-0.2, 0) is 20.7 Å². The Morgan fingerprint density at radius 1 is 1.26 bits per heavy atom. The lowest BCUT2D eigenvalue weighted by Gasteiger charge is -2.27. The molecule has 144 valence electrons. The van der Waals surface area contributed by atoms with Crippen LogP contribution in [0.5, 0.6) is 0 Å². The number of aliphatic carboxylic acids is 1. The first kappa shape index (κ1) is 19.1. The van der Waals surface area contributed by atoms with Gasteiger partial charge in [-0.2, -0.15) is 0 Å². The van der Waals surface area contributed by atoms with Crippen LogP contribution in [0.25, 0.3) is 11.5 Å². The molecule has 1 aromatic carbocycles. The Kier molecular flexibility index (Phi) is 6.24. The number of carbonyl (C=O) groups excluding carboxylic acids is 1. The molecule has 3 rings (SSSR count). The molecule has 1 amide bonds. The molecular weight excluding hydrogens is 348 g/mol. The first-order valence-corrected chi connectivity index (χ1v) is 9.13. The SMILES string of the molecule is Cc1oc(-c2ccccc2)nc1CC(=O)NCC(C(=O)O)C1CCOCC1. The van der Waals surface area contributed by atoms with Gasteiger partial charge in [-0.1, -0.05) is 18.2 Å². The molecule has 7 heteroatoms. The minimum absolute atomic E-state index is 0.0232. The van der Waals surface area contributed by atoms with E-state index in [-0.39, 0.29) is 24.8 Å². The van der Waals surface area contributed by atoms with Crippen LogP contribution in [0, 0.1) is 18.8 Å². The molecule has 1 aliphatic rings. The van der Waals surface area contributed by atoms with Gasteiger partial charge in [-0.15, -0.1) is 0 Å². The Labute approximate surface area is 157 Å². The summed E-state index contributed by atoms with van der Waals surface area (Å²) in [7, 11) is 0. The second-order valence-electron chi connectivity index (χ2n) is 6.76. The highest BCUT2D eigenvalue weighted by molar-refractivity contribution is 5.79. The number of carbonyl (C=O) groups is 2. The van der Waals surface area contributed by atoms with Crippen LogP contribution in [0.2, 0.25) is 0 Å². The summed E-state index contributed by atoms with van der Waals surface area (Å²) in [6, 6.07) is 9.47. The normalized spacial score (nSPS) is 16.0. The molecule has 2 heterocycles. The Bertz CT molecular complexity index is 781. The Morgan fingerprint density at radius 2 is 1.96 bits per heavy atom. The molecule has 0 saturated carbocycles. The molecule has 0 aliphatic carbocycles. The average Bonchev–Trinajstić information content (AvgIpc) is 3.04. The summed E-state index contributed by atoms with van der Waals surface area (Å²) in [5.41, 5.74) is 1.40. The number of nitrogens with one attached hydrogen (secondary N) is 1. The summed E-state index contributed by atoms with van der Waals surface area (Å²) in [6.07, 6.45) is 1.47. The fraction of sp³-hybridized carbons (Fsp3) is 0.450. The first-order valence-electron chi connectivity index (χ1n) is 9.13. The summed E-state index contributed by atoms with van der Waals surface area (Å²) >= 11 is 0. The lowest BCUT2D eigenvalue weighted by atomic mass is 9.86. The van der Waals surface area contributed by atoms with E-state index in [9.17, 15) is 14.7 Å². The molecule has 1 unspecified atom stereocenters. The second-order valence-corrected chi connectivity index (χ2v) is 6.76. The Hall–Kier alpha value is -2.67. The van der Waals surface area contributed by atoms with Crippen LogP contribution in [0.4, 0.5) is 0 Å². The van der Waals surface area contributed by atoms with Crippen LogP contribution in [0.3, 0.4) is 0 Å². The first-order chi connectivity index (χ1) is 13.0. The molecule has 1 aliphatic heterocycles. The van der Waals surface area contributed by atoms with Crippen molar-refractivity contribution in [3.05, 3.63) is 41.8 Å². The number of nitrogens with zero attached hydrogens (tertiary/aromatic N) is 1. The van der Waals surface area contributed by atoms with E-state index < -0.39 is 11.9 Å². The van der Waals surface area contributed by atoms with Crippen LogP contribution < -0.4 is 5.32 Å². The number of hydrogen-bond acceptors (Lipinski definition) is 5. The number of carboxylic acids is 1. The standard InChI is InChI=1S/C20H24N2O5/c1-13-17(22-19(27-13)15-5-3-2-4-6-15)11-18(23)21-12-16(20(24)25)14-7-9-26-10-8-14/h2-6,14,16H,7-12H2,1H3,(H,21,23)(H,24,25). The fourth-order valence-corrected chi connectivity index (χ4v) is 3.31. The van der Waals surface area contributed by atoms with Gasteiger partial charge in [-0.3, -0.25) is 9.59 Å². The van der Waals surface area contributed by atoms with Crippen molar-refractivity contribution in [1.29, 1.82) is 0 Å². The maximum Gasteiger partial charge on any atom is 0.308 e. The van der Waals surface area contributed by atoms with Gasteiger partial charge in [0.25, 0.3) is 0 Å². The highest BCUT2D eigenvalue weighted by Gasteiger charge is 2.30. The lowest BCUT2D eigenvalue weighted by Crippen LogP contribution is -2.39. The predicted octanol–water partition coefficient (Wildman–Crippen LogP) is 2.44. The van der Waals surface area contributed by atoms with Crippen molar-refractivity contribution < 1.29 is 23.8 Å².